The van der Waals surface area contributed by atoms with E-state index >= 15 is 0 Å². The number of rotatable bonds is 2. The highest BCUT2D eigenvalue weighted by Gasteiger charge is 2.07. The maximum Gasteiger partial charge on any atom is 0.0708 e. The molecule has 2 aromatic heterocycles. The molecule has 5 aromatic rings. The van der Waals surface area contributed by atoms with Crippen molar-refractivity contribution in [3.05, 3.63) is 96.8 Å². The molecule has 5 rings (SSSR count). The lowest BCUT2D eigenvalue weighted by Crippen LogP contribution is -1.89. The predicted molar refractivity (Wildman–Crippen MR) is 113 cm³/mol. The van der Waals surface area contributed by atoms with Gasteiger partial charge in [0.2, 0.25) is 0 Å². The molecule has 0 radical (unpaired) electrons. The number of pyridine rings is 2. The summed E-state index contributed by atoms with van der Waals surface area (Å²) in [6.45, 7) is 2.12. The van der Waals surface area contributed by atoms with Crippen LogP contribution in [0, 0.1) is 6.92 Å². The van der Waals surface area contributed by atoms with Crippen LogP contribution in [0.25, 0.3) is 44.1 Å². The summed E-state index contributed by atoms with van der Waals surface area (Å²) >= 11 is 0. The summed E-state index contributed by atoms with van der Waals surface area (Å²) in [5.74, 6) is 0. The second kappa shape index (κ2) is 6.33. The third-order valence-corrected chi connectivity index (χ3v) is 4.93. The minimum atomic E-state index is 0.986. The summed E-state index contributed by atoms with van der Waals surface area (Å²) < 4.78 is 0. The third-order valence-electron chi connectivity index (χ3n) is 4.93. The molecule has 0 saturated carbocycles. The van der Waals surface area contributed by atoms with Crippen LogP contribution in [0.5, 0.6) is 0 Å². The van der Waals surface area contributed by atoms with Gasteiger partial charge in [-0.2, -0.15) is 0 Å². The van der Waals surface area contributed by atoms with Crippen LogP contribution in [0.4, 0.5) is 0 Å². The Bertz CT molecular complexity index is 1190. The first-order valence-electron chi connectivity index (χ1n) is 9.08. The van der Waals surface area contributed by atoms with E-state index in [-0.39, 0.29) is 0 Å². The Kier molecular flexibility index (Phi) is 3.68. The van der Waals surface area contributed by atoms with E-state index < -0.39 is 0 Å². The zero-order valence-electron chi connectivity index (χ0n) is 15.1. The van der Waals surface area contributed by atoms with Gasteiger partial charge in [0.05, 0.1) is 11.4 Å². The number of aryl methyl sites for hydroxylation is 1. The summed E-state index contributed by atoms with van der Waals surface area (Å²) in [4.78, 5) is 9.37. The maximum atomic E-state index is 4.68. The van der Waals surface area contributed by atoms with E-state index in [0.717, 1.165) is 33.3 Å². The number of benzene rings is 3. The number of aromatic nitrogens is 2. The molecule has 0 aliphatic heterocycles. The number of nitrogens with zero attached hydrogens (tertiary/aromatic N) is 2. The molecule has 0 N–H and O–H groups in total. The van der Waals surface area contributed by atoms with Gasteiger partial charge in [-0.25, -0.2) is 0 Å². The predicted octanol–water partition coefficient (Wildman–Crippen LogP) is 6.43. The zero-order chi connectivity index (χ0) is 18.2. The largest absolute Gasteiger partial charge is 0.256 e. The van der Waals surface area contributed by atoms with Crippen LogP contribution in [0.1, 0.15) is 5.56 Å². The molecule has 0 aliphatic carbocycles. The normalized spacial score (nSPS) is 11.1. The van der Waals surface area contributed by atoms with Gasteiger partial charge in [-0.15, -0.1) is 0 Å². The van der Waals surface area contributed by atoms with E-state index in [1.54, 1.807) is 0 Å². The summed E-state index contributed by atoms with van der Waals surface area (Å²) in [7, 11) is 0. The smallest absolute Gasteiger partial charge is 0.0708 e. The maximum absolute atomic E-state index is 4.68. The van der Waals surface area contributed by atoms with Crippen LogP contribution < -0.4 is 0 Å². The monoisotopic (exact) mass is 346 g/mol. The molecule has 0 spiro atoms. The Labute approximate surface area is 158 Å². The Hall–Kier alpha value is -3.52. The second-order valence-corrected chi connectivity index (χ2v) is 6.92. The molecule has 0 bridgehead atoms. The number of hydrogen-bond acceptors (Lipinski definition) is 2. The second-order valence-electron chi connectivity index (χ2n) is 6.92. The molecular weight excluding hydrogens is 328 g/mol. The van der Waals surface area contributed by atoms with Gasteiger partial charge in [-0.05, 0) is 53.6 Å². The molecular formula is C25H18N2. The van der Waals surface area contributed by atoms with Crippen molar-refractivity contribution in [1.29, 1.82) is 0 Å². The average Bonchev–Trinajstić information content (AvgIpc) is 2.72. The van der Waals surface area contributed by atoms with Gasteiger partial charge in [0.25, 0.3) is 0 Å². The van der Waals surface area contributed by atoms with Crippen LogP contribution in [0.3, 0.4) is 0 Å². The Morgan fingerprint density at radius 3 is 1.44 bits per heavy atom. The number of fused-ring (bicyclic) bond motifs is 2. The van der Waals surface area contributed by atoms with Gasteiger partial charge < -0.3 is 0 Å². The molecule has 0 amide bonds. The van der Waals surface area contributed by atoms with Gasteiger partial charge in [-0.3, -0.25) is 9.97 Å². The first-order chi connectivity index (χ1) is 13.3. The lowest BCUT2D eigenvalue weighted by molar-refractivity contribution is 1.32. The van der Waals surface area contributed by atoms with E-state index in [1.807, 2.05) is 24.5 Å². The molecule has 0 fully saturated rings. The van der Waals surface area contributed by atoms with Crippen molar-refractivity contribution in [1.82, 2.24) is 9.97 Å². The van der Waals surface area contributed by atoms with Crippen molar-refractivity contribution in [2.45, 2.75) is 6.92 Å². The molecule has 0 atom stereocenters. The summed E-state index contributed by atoms with van der Waals surface area (Å²) in [6.07, 6.45) is 3.89. The minimum absolute atomic E-state index is 0.986. The fourth-order valence-electron chi connectivity index (χ4n) is 3.56. The lowest BCUT2D eigenvalue weighted by Gasteiger charge is -2.09. The highest BCUT2D eigenvalue weighted by atomic mass is 14.7. The molecule has 0 aliphatic rings. The zero-order valence-corrected chi connectivity index (χ0v) is 15.1. The molecule has 2 nitrogen and oxygen atoms in total. The van der Waals surface area contributed by atoms with E-state index in [4.69, 9.17) is 0 Å². The first-order valence-corrected chi connectivity index (χ1v) is 9.08. The third kappa shape index (κ3) is 2.96. The van der Waals surface area contributed by atoms with Crippen LogP contribution in [0.15, 0.2) is 91.3 Å². The molecule has 0 unspecified atom stereocenters. The van der Waals surface area contributed by atoms with Gasteiger partial charge in [-0.1, -0.05) is 48.5 Å². The highest BCUT2D eigenvalue weighted by molar-refractivity contribution is 5.87. The van der Waals surface area contributed by atoms with Crippen LogP contribution in [-0.2, 0) is 0 Å². The van der Waals surface area contributed by atoms with Crippen molar-refractivity contribution < 1.29 is 0 Å². The molecule has 3 aromatic carbocycles. The standard InChI is InChI=1S/C25H18N2/c1-17-10-22(24-13-18-6-2-4-8-20(18)15-26-24)12-23(11-17)25-14-19-7-3-5-9-21(19)16-27-25/h2-16H,1H3. The molecule has 0 saturated heterocycles. The van der Waals surface area contributed by atoms with Crippen molar-refractivity contribution in [2.75, 3.05) is 0 Å². The average molecular weight is 346 g/mol. The Balaban J connectivity index is 1.64. The van der Waals surface area contributed by atoms with Crippen molar-refractivity contribution >= 4 is 21.5 Å². The van der Waals surface area contributed by atoms with Gasteiger partial charge in [0, 0.05) is 34.3 Å². The molecule has 128 valence electrons. The van der Waals surface area contributed by atoms with Gasteiger partial charge >= 0.3 is 0 Å². The van der Waals surface area contributed by atoms with Gasteiger partial charge in [0.15, 0.2) is 0 Å². The fourth-order valence-corrected chi connectivity index (χ4v) is 3.56. The lowest BCUT2D eigenvalue weighted by atomic mass is 9.99. The van der Waals surface area contributed by atoms with Crippen LogP contribution >= 0.6 is 0 Å². The summed E-state index contributed by atoms with van der Waals surface area (Å²) in [5.41, 5.74) is 5.41. The van der Waals surface area contributed by atoms with Crippen molar-refractivity contribution in [3.63, 3.8) is 0 Å². The quantitative estimate of drug-likeness (QED) is 0.368. The van der Waals surface area contributed by atoms with Crippen LogP contribution in [-0.4, -0.2) is 9.97 Å². The minimum Gasteiger partial charge on any atom is -0.256 e. The Morgan fingerprint density at radius 1 is 0.519 bits per heavy atom. The SMILES string of the molecule is Cc1cc(-c2cc3ccccc3cn2)cc(-c2cc3ccccc3cn2)c1. The number of hydrogen-bond donors (Lipinski definition) is 0. The van der Waals surface area contributed by atoms with E-state index in [9.17, 15) is 0 Å². The Morgan fingerprint density at radius 2 is 0.963 bits per heavy atom. The van der Waals surface area contributed by atoms with E-state index in [0.29, 0.717) is 0 Å². The molecule has 2 heterocycles. The van der Waals surface area contributed by atoms with Crippen molar-refractivity contribution in [2.24, 2.45) is 0 Å². The fraction of sp³-hybridized carbons (Fsp3) is 0.0400. The van der Waals surface area contributed by atoms with E-state index in [2.05, 4.69) is 83.6 Å². The molecule has 2 heteroatoms. The van der Waals surface area contributed by atoms with E-state index in [1.165, 1.54) is 16.3 Å². The highest BCUT2D eigenvalue weighted by Crippen LogP contribution is 2.29. The topological polar surface area (TPSA) is 25.8 Å². The summed E-state index contributed by atoms with van der Waals surface area (Å²) in [6, 6.07) is 27.5. The van der Waals surface area contributed by atoms with Gasteiger partial charge in [0.1, 0.15) is 0 Å². The van der Waals surface area contributed by atoms with Crippen LogP contribution in [0.2, 0.25) is 0 Å². The first kappa shape index (κ1) is 15.7. The molecule has 27 heavy (non-hydrogen) atoms. The van der Waals surface area contributed by atoms with Crippen molar-refractivity contribution in [3.8, 4) is 22.5 Å². The summed E-state index contributed by atoms with van der Waals surface area (Å²) in [5, 5.41) is 4.72.